The fourth-order valence-electron chi connectivity index (χ4n) is 4.38. The number of piperazine rings is 1. The molecule has 2 heterocycles. The molecule has 4 heteroatoms. The zero-order valence-electron chi connectivity index (χ0n) is 16.3. The Labute approximate surface area is 152 Å². The van der Waals surface area contributed by atoms with Gasteiger partial charge < -0.3 is 9.80 Å². The molecule has 0 aliphatic carbocycles. The number of aryl methyl sites for hydroxylation is 1. The third-order valence-electron chi connectivity index (χ3n) is 5.87. The molecule has 0 bridgehead atoms. The van der Waals surface area contributed by atoms with Crippen LogP contribution in [0, 0.1) is 25.7 Å². The standard InChI is InChI=1S/C21H33N3O/c1-16-12-17(2)14-24(13-16)21(25)15-22-8-10-23(11-9-22)20-7-5-6-18(3)19(20)4/h5-7,16-17H,8-15H2,1-4H3. The monoisotopic (exact) mass is 343 g/mol. The van der Waals surface area contributed by atoms with Crippen molar-refractivity contribution < 1.29 is 4.79 Å². The summed E-state index contributed by atoms with van der Waals surface area (Å²) in [5.74, 6) is 1.58. The average Bonchev–Trinajstić information content (AvgIpc) is 2.57. The van der Waals surface area contributed by atoms with Crippen LogP contribution in [0.1, 0.15) is 31.4 Å². The summed E-state index contributed by atoms with van der Waals surface area (Å²) in [4.78, 5) is 19.6. The summed E-state index contributed by atoms with van der Waals surface area (Å²) in [6.07, 6.45) is 1.25. The van der Waals surface area contributed by atoms with E-state index in [1.54, 1.807) is 0 Å². The van der Waals surface area contributed by atoms with Gasteiger partial charge in [0, 0.05) is 45.0 Å². The number of likely N-dealkylation sites (tertiary alicyclic amines) is 1. The first-order valence-corrected chi connectivity index (χ1v) is 9.75. The lowest BCUT2D eigenvalue weighted by molar-refractivity contribution is -0.135. The van der Waals surface area contributed by atoms with E-state index < -0.39 is 0 Å². The van der Waals surface area contributed by atoms with Crippen LogP contribution in [0.15, 0.2) is 18.2 Å². The molecular weight excluding hydrogens is 310 g/mol. The van der Waals surface area contributed by atoms with Gasteiger partial charge in [-0.1, -0.05) is 26.0 Å². The van der Waals surface area contributed by atoms with Crippen LogP contribution in [-0.2, 0) is 4.79 Å². The van der Waals surface area contributed by atoms with Gasteiger partial charge in [0.15, 0.2) is 0 Å². The minimum absolute atomic E-state index is 0.318. The van der Waals surface area contributed by atoms with Gasteiger partial charge in [-0.2, -0.15) is 0 Å². The maximum Gasteiger partial charge on any atom is 0.236 e. The lowest BCUT2D eigenvalue weighted by atomic mass is 9.92. The van der Waals surface area contributed by atoms with Crippen molar-refractivity contribution in [3.63, 3.8) is 0 Å². The molecule has 3 rings (SSSR count). The number of rotatable bonds is 3. The summed E-state index contributed by atoms with van der Waals surface area (Å²) in [7, 11) is 0. The van der Waals surface area contributed by atoms with Crippen molar-refractivity contribution in [3.05, 3.63) is 29.3 Å². The Hall–Kier alpha value is -1.55. The molecule has 2 aliphatic rings. The van der Waals surface area contributed by atoms with Crippen LogP contribution >= 0.6 is 0 Å². The Morgan fingerprint density at radius 1 is 1.04 bits per heavy atom. The summed E-state index contributed by atoms with van der Waals surface area (Å²) in [6, 6.07) is 6.54. The van der Waals surface area contributed by atoms with Crippen LogP contribution in [-0.4, -0.2) is 61.5 Å². The number of anilines is 1. The highest BCUT2D eigenvalue weighted by molar-refractivity contribution is 5.78. The number of hydrogen-bond acceptors (Lipinski definition) is 3. The molecule has 0 radical (unpaired) electrons. The molecule has 0 spiro atoms. The van der Waals surface area contributed by atoms with Gasteiger partial charge in [0.25, 0.3) is 0 Å². The number of hydrogen-bond donors (Lipinski definition) is 0. The van der Waals surface area contributed by atoms with E-state index in [0.29, 0.717) is 24.3 Å². The van der Waals surface area contributed by atoms with E-state index in [2.05, 4.69) is 60.6 Å². The average molecular weight is 344 g/mol. The molecule has 138 valence electrons. The number of carbonyl (C=O) groups excluding carboxylic acids is 1. The summed E-state index contributed by atoms with van der Waals surface area (Å²) in [5.41, 5.74) is 4.08. The molecule has 0 saturated carbocycles. The molecule has 2 unspecified atom stereocenters. The number of piperidine rings is 1. The van der Waals surface area contributed by atoms with Crippen LogP contribution in [0.25, 0.3) is 0 Å². The van der Waals surface area contributed by atoms with Crippen molar-refractivity contribution >= 4 is 11.6 Å². The molecule has 25 heavy (non-hydrogen) atoms. The van der Waals surface area contributed by atoms with Crippen LogP contribution in [0.3, 0.4) is 0 Å². The van der Waals surface area contributed by atoms with E-state index in [9.17, 15) is 4.79 Å². The third kappa shape index (κ3) is 4.35. The second-order valence-corrected chi connectivity index (χ2v) is 8.23. The van der Waals surface area contributed by atoms with E-state index in [1.807, 2.05) is 0 Å². The number of nitrogens with zero attached hydrogens (tertiary/aromatic N) is 3. The zero-order chi connectivity index (χ0) is 18.0. The minimum atomic E-state index is 0.318. The van der Waals surface area contributed by atoms with Crippen LogP contribution in [0.2, 0.25) is 0 Å². The first-order chi connectivity index (χ1) is 11.9. The molecular formula is C21H33N3O. The second-order valence-electron chi connectivity index (χ2n) is 8.23. The lowest BCUT2D eigenvalue weighted by Gasteiger charge is -2.39. The highest BCUT2D eigenvalue weighted by Gasteiger charge is 2.27. The van der Waals surface area contributed by atoms with Crippen LogP contribution in [0.5, 0.6) is 0 Å². The van der Waals surface area contributed by atoms with E-state index in [4.69, 9.17) is 0 Å². The molecule has 0 N–H and O–H groups in total. The summed E-state index contributed by atoms with van der Waals surface area (Å²) >= 11 is 0. The van der Waals surface area contributed by atoms with E-state index in [1.165, 1.54) is 23.2 Å². The molecule has 4 nitrogen and oxygen atoms in total. The third-order valence-corrected chi connectivity index (χ3v) is 5.87. The van der Waals surface area contributed by atoms with Crippen molar-refractivity contribution in [2.45, 2.75) is 34.1 Å². The fourth-order valence-corrected chi connectivity index (χ4v) is 4.38. The largest absolute Gasteiger partial charge is 0.369 e. The molecule has 2 aliphatic heterocycles. The van der Waals surface area contributed by atoms with Crippen molar-refractivity contribution in [2.75, 3.05) is 50.7 Å². The maximum atomic E-state index is 12.7. The zero-order valence-corrected chi connectivity index (χ0v) is 16.3. The van der Waals surface area contributed by atoms with E-state index in [-0.39, 0.29) is 0 Å². The quantitative estimate of drug-likeness (QED) is 0.844. The Bertz CT molecular complexity index is 597. The van der Waals surface area contributed by atoms with E-state index in [0.717, 1.165) is 39.3 Å². The van der Waals surface area contributed by atoms with Gasteiger partial charge in [-0.3, -0.25) is 9.69 Å². The predicted octanol–water partition coefficient (Wildman–Crippen LogP) is 2.93. The highest BCUT2D eigenvalue weighted by Crippen LogP contribution is 2.24. The first kappa shape index (κ1) is 18.2. The minimum Gasteiger partial charge on any atom is -0.369 e. The summed E-state index contributed by atoms with van der Waals surface area (Å²) in [6.45, 7) is 15.3. The highest BCUT2D eigenvalue weighted by atomic mass is 16.2. The Morgan fingerprint density at radius 3 is 2.32 bits per heavy atom. The van der Waals surface area contributed by atoms with Crippen molar-refractivity contribution in [3.8, 4) is 0 Å². The van der Waals surface area contributed by atoms with Crippen LogP contribution in [0.4, 0.5) is 5.69 Å². The molecule has 2 atom stereocenters. The molecule has 2 saturated heterocycles. The first-order valence-electron chi connectivity index (χ1n) is 9.75. The van der Waals surface area contributed by atoms with Gasteiger partial charge in [-0.05, 0) is 49.3 Å². The van der Waals surface area contributed by atoms with Crippen LogP contribution < -0.4 is 4.90 Å². The smallest absolute Gasteiger partial charge is 0.236 e. The molecule has 1 aromatic rings. The van der Waals surface area contributed by atoms with Gasteiger partial charge in [0.2, 0.25) is 5.91 Å². The van der Waals surface area contributed by atoms with Gasteiger partial charge in [-0.15, -0.1) is 0 Å². The predicted molar refractivity (Wildman–Crippen MR) is 104 cm³/mol. The Kier molecular flexibility index (Phi) is 5.67. The van der Waals surface area contributed by atoms with Gasteiger partial charge in [0.1, 0.15) is 0 Å². The normalized spacial score (nSPS) is 25.3. The molecule has 2 fully saturated rings. The van der Waals surface area contributed by atoms with Gasteiger partial charge in [0.05, 0.1) is 6.54 Å². The number of amides is 1. The number of carbonyl (C=O) groups is 1. The SMILES string of the molecule is Cc1cccc(N2CCN(CC(=O)N3CC(C)CC(C)C3)CC2)c1C. The van der Waals surface area contributed by atoms with Gasteiger partial charge >= 0.3 is 0 Å². The maximum absolute atomic E-state index is 12.7. The fraction of sp³-hybridized carbons (Fsp3) is 0.667. The van der Waals surface area contributed by atoms with E-state index >= 15 is 0 Å². The summed E-state index contributed by atoms with van der Waals surface area (Å²) < 4.78 is 0. The Balaban J connectivity index is 1.52. The topological polar surface area (TPSA) is 26.8 Å². The van der Waals surface area contributed by atoms with Crippen molar-refractivity contribution in [1.29, 1.82) is 0 Å². The lowest BCUT2D eigenvalue weighted by Crippen LogP contribution is -2.52. The second kappa shape index (κ2) is 7.77. The van der Waals surface area contributed by atoms with Crippen molar-refractivity contribution in [1.82, 2.24) is 9.80 Å². The van der Waals surface area contributed by atoms with Gasteiger partial charge in [-0.25, -0.2) is 0 Å². The molecule has 0 aromatic heterocycles. The molecule has 1 amide bonds. The number of benzene rings is 1. The Morgan fingerprint density at radius 2 is 1.68 bits per heavy atom. The summed E-state index contributed by atoms with van der Waals surface area (Å²) in [5, 5.41) is 0. The van der Waals surface area contributed by atoms with Crippen molar-refractivity contribution in [2.24, 2.45) is 11.8 Å². The molecule has 1 aromatic carbocycles.